The monoisotopic (exact) mass is 594 g/mol. The van der Waals surface area contributed by atoms with Crippen LogP contribution in [-0.2, 0) is 20.9 Å². The Kier molecular flexibility index (Phi) is 9.58. The molecule has 11 heteroatoms. The molecule has 0 spiro atoms. The molecule has 1 fully saturated rings. The molecule has 0 unspecified atom stereocenters. The van der Waals surface area contributed by atoms with Crippen LogP contribution in [0.1, 0.15) is 39.0 Å². The van der Waals surface area contributed by atoms with Crippen molar-refractivity contribution in [3.05, 3.63) is 58.9 Å². The summed E-state index contributed by atoms with van der Waals surface area (Å²) in [6.45, 7) is 3.50. The Hall–Kier alpha value is -3.41. The first-order chi connectivity index (χ1) is 20.0. The van der Waals surface area contributed by atoms with Crippen molar-refractivity contribution in [3.63, 3.8) is 0 Å². The second-order valence-electron chi connectivity index (χ2n) is 9.91. The molecule has 2 atom stereocenters. The van der Waals surface area contributed by atoms with Gasteiger partial charge in [0.1, 0.15) is 10.4 Å². The third-order valence-corrected chi connectivity index (χ3v) is 9.53. The summed E-state index contributed by atoms with van der Waals surface area (Å²) in [6, 6.07) is 15.0. The summed E-state index contributed by atoms with van der Waals surface area (Å²) in [7, 11) is 1.58. The van der Waals surface area contributed by atoms with E-state index in [2.05, 4.69) is 10.6 Å². The Labute approximate surface area is 246 Å². The molecular weight excluding hydrogens is 560 g/mol. The first-order valence-corrected chi connectivity index (χ1v) is 15.6. The van der Waals surface area contributed by atoms with E-state index in [-0.39, 0.29) is 29.9 Å². The molecule has 216 valence electrons. The van der Waals surface area contributed by atoms with Crippen LogP contribution in [0.15, 0.2) is 58.5 Å². The largest absolute Gasteiger partial charge is 0.497 e. The van der Waals surface area contributed by atoms with Gasteiger partial charge in [-0.15, -0.1) is 11.3 Å². The number of hydrogen-bond acceptors (Lipinski definition) is 8. The molecule has 2 amide bonds. The summed E-state index contributed by atoms with van der Waals surface area (Å²) < 4.78 is 14.0. The molecule has 1 saturated heterocycles. The van der Waals surface area contributed by atoms with Gasteiger partial charge in [0.05, 0.1) is 24.0 Å². The summed E-state index contributed by atoms with van der Waals surface area (Å²) in [5.74, 6) is 0.395. The second kappa shape index (κ2) is 13.5. The van der Waals surface area contributed by atoms with Crippen LogP contribution in [-0.4, -0.2) is 53.0 Å². The van der Waals surface area contributed by atoms with E-state index in [1.54, 1.807) is 23.8 Å². The van der Waals surface area contributed by atoms with Crippen LogP contribution in [0.3, 0.4) is 0 Å². The summed E-state index contributed by atoms with van der Waals surface area (Å²) in [5, 5.41) is 6.80. The molecule has 9 nitrogen and oxygen atoms in total. The zero-order valence-electron chi connectivity index (χ0n) is 23.2. The van der Waals surface area contributed by atoms with E-state index in [0.29, 0.717) is 52.7 Å². The number of thiophene rings is 1. The molecule has 2 aromatic carbocycles. The number of thioether (sulfide) groups is 1. The first kappa shape index (κ1) is 29.1. The van der Waals surface area contributed by atoms with Gasteiger partial charge in [0, 0.05) is 48.0 Å². The number of carbonyl (C=O) groups excluding carboxylic acids is 2. The van der Waals surface area contributed by atoms with Crippen LogP contribution >= 0.6 is 23.1 Å². The predicted molar refractivity (Wildman–Crippen MR) is 164 cm³/mol. The lowest BCUT2D eigenvalue weighted by molar-refractivity contribution is -0.121. The maximum Gasteiger partial charge on any atom is 0.272 e. The smallest absolute Gasteiger partial charge is 0.272 e. The van der Waals surface area contributed by atoms with Crippen molar-refractivity contribution in [3.8, 4) is 5.75 Å². The van der Waals surface area contributed by atoms with Crippen molar-refractivity contribution in [1.29, 1.82) is 0 Å². The Bertz CT molecular complexity index is 1600. The van der Waals surface area contributed by atoms with Gasteiger partial charge in [-0.3, -0.25) is 19.0 Å². The van der Waals surface area contributed by atoms with Crippen molar-refractivity contribution < 1.29 is 19.1 Å². The Morgan fingerprint density at radius 2 is 2.10 bits per heavy atom. The maximum atomic E-state index is 13.8. The standard InChI is InChI=1S/C30H34N4O5S2/c1-3-23(28(36)32-19-9-6-10-20(17-19)38-2)41-30-33-26-22-12-4-5-13-24(22)40-27(26)29(37)34(30)15-7-14-25(35)31-18-21-11-8-16-39-21/h4-6,9-10,12-13,17,21,23H,3,7-8,11,14-16,18H2,1-2H3,(H,31,35)(H,32,36)/t21-,23-/m1/s1. The minimum atomic E-state index is -0.489. The lowest BCUT2D eigenvalue weighted by Crippen LogP contribution is -2.32. The number of benzene rings is 2. The van der Waals surface area contributed by atoms with Crippen LogP contribution in [0.5, 0.6) is 5.75 Å². The molecule has 0 aliphatic carbocycles. The van der Waals surface area contributed by atoms with Gasteiger partial charge in [0.15, 0.2) is 5.16 Å². The average Bonchev–Trinajstić information content (AvgIpc) is 3.64. The molecule has 1 aliphatic heterocycles. The van der Waals surface area contributed by atoms with Crippen LogP contribution in [0.4, 0.5) is 5.69 Å². The number of nitrogens with zero attached hydrogens (tertiary/aromatic N) is 2. The minimum Gasteiger partial charge on any atom is -0.497 e. The van der Waals surface area contributed by atoms with E-state index in [0.717, 1.165) is 29.5 Å². The highest BCUT2D eigenvalue weighted by Gasteiger charge is 2.24. The van der Waals surface area contributed by atoms with Gasteiger partial charge in [-0.2, -0.15) is 0 Å². The van der Waals surface area contributed by atoms with E-state index < -0.39 is 5.25 Å². The predicted octanol–water partition coefficient (Wildman–Crippen LogP) is 5.20. The van der Waals surface area contributed by atoms with E-state index in [9.17, 15) is 14.4 Å². The lowest BCUT2D eigenvalue weighted by atomic mass is 10.2. The number of ether oxygens (including phenoxy) is 2. The van der Waals surface area contributed by atoms with Gasteiger partial charge >= 0.3 is 0 Å². The molecule has 0 radical (unpaired) electrons. The number of amides is 2. The molecule has 1 aliphatic rings. The second-order valence-corrected chi connectivity index (χ2v) is 12.1. The Morgan fingerprint density at radius 1 is 1.24 bits per heavy atom. The van der Waals surface area contributed by atoms with E-state index in [1.807, 2.05) is 43.3 Å². The van der Waals surface area contributed by atoms with Crippen molar-refractivity contribution in [2.45, 2.75) is 62.1 Å². The molecule has 0 bridgehead atoms. The third kappa shape index (κ3) is 6.91. The minimum absolute atomic E-state index is 0.0669. The first-order valence-electron chi connectivity index (χ1n) is 13.9. The lowest BCUT2D eigenvalue weighted by Gasteiger charge is -2.18. The number of nitrogens with one attached hydrogen (secondary N) is 2. The van der Waals surface area contributed by atoms with Gasteiger partial charge in [-0.1, -0.05) is 43.0 Å². The summed E-state index contributed by atoms with van der Waals surface area (Å²) in [4.78, 5) is 44.5. The van der Waals surface area contributed by atoms with Crippen LogP contribution in [0.2, 0.25) is 0 Å². The zero-order chi connectivity index (χ0) is 28.8. The molecule has 3 heterocycles. The van der Waals surface area contributed by atoms with E-state index in [4.69, 9.17) is 14.5 Å². The molecule has 41 heavy (non-hydrogen) atoms. The number of anilines is 1. The molecule has 2 aromatic heterocycles. The number of methoxy groups -OCH3 is 1. The highest BCUT2D eigenvalue weighted by atomic mass is 32.2. The fourth-order valence-electron chi connectivity index (χ4n) is 4.83. The van der Waals surface area contributed by atoms with Crippen LogP contribution < -0.4 is 20.9 Å². The highest BCUT2D eigenvalue weighted by molar-refractivity contribution is 8.00. The van der Waals surface area contributed by atoms with Crippen molar-refractivity contribution in [1.82, 2.24) is 14.9 Å². The quantitative estimate of drug-likeness (QED) is 0.171. The van der Waals surface area contributed by atoms with Gasteiger partial charge in [-0.05, 0) is 43.9 Å². The molecule has 5 rings (SSSR count). The normalized spacial score (nSPS) is 15.7. The Balaban J connectivity index is 1.37. The molecular formula is C30H34N4O5S2. The van der Waals surface area contributed by atoms with Crippen molar-refractivity contribution in [2.75, 3.05) is 25.6 Å². The average molecular weight is 595 g/mol. The van der Waals surface area contributed by atoms with Gasteiger partial charge in [-0.25, -0.2) is 4.98 Å². The third-order valence-electron chi connectivity index (χ3n) is 7.03. The summed E-state index contributed by atoms with van der Waals surface area (Å²) >= 11 is 2.70. The van der Waals surface area contributed by atoms with Gasteiger partial charge in [0.2, 0.25) is 11.8 Å². The van der Waals surface area contributed by atoms with Crippen molar-refractivity contribution in [2.24, 2.45) is 0 Å². The van der Waals surface area contributed by atoms with Crippen LogP contribution in [0, 0.1) is 0 Å². The van der Waals surface area contributed by atoms with Gasteiger partial charge < -0.3 is 20.1 Å². The fraction of sp³-hybridized carbons (Fsp3) is 0.400. The zero-order valence-corrected chi connectivity index (χ0v) is 24.8. The number of aromatic nitrogens is 2. The number of fused-ring (bicyclic) bond motifs is 3. The van der Waals surface area contributed by atoms with Crippen molar-refractivity contribution >= 4 is 60.9 Å². The molecule has 2 N–H and O–H groups in total. The number of hydrogen-bond donors (Lipinski definition) is 2. The van der Waals surface area contributed by atoms with Gasteiger partial charge in [0.25, 0.3) is 5.56 Å². The fourth-order valence-corrected chi connectivity index (χ4v) is 6.96. The number of carbonyl (C=O) groups is 2. The topological polar surface area (TPSA) is 112 Å². The summed E-state index contributed by atoms with van der Waals surface area (Å²) in [5.41, 5.74) is 1.13. The van der Waals surface area contributed by atoms with Crippen LogP contribution in [0.25, 0.3) is 20.3 Å². The maximum absolute atomic E-state index is 13.8. The van der Waals surface area contributed by atoms with E-state index >= 15 is 0 Å². The molecule has 4 aromatic rings. The number of rotatable bonds is 12. The molecule has 0 saturated carbocycles. The summed E-state index contributed by atoms with van der Waals surface area (Å²) in [6.07, 6.45) is 3.34. The highest BCUT2D eigenvalue weighted by Crippen LogP contribution is 2.33. The SMILES string of the molecule is CC[C@@H](Sc1nc2c(sc3ccccc32)c(=O)n1CCCC(=O)NC[C@H]1CCCO1)C(=O)Nc1cccc(OC)c1. The van der Waals surface area contributed by atoms with E-state index in [1.165, 1.54) is 23.1 Å². The Morgan fingerprint density at radius 3 is 2.88 bits per heavy atom.